The van der Waals surface area contributed by atoms with Crippen LogP contribution in [0.1, 0.15) is 17.7 Å². The summed E-state index contributed by atoms with van der Waals surface area (Å²) >= 11 is 0. The number of ketones is 1. The van der Waals surface area contributed by atoms with E-state index in [2.05, 4.69) is 4.98 Å². The lowest BCUT2D eigenvalue weighted by Gasteiger charge is -2.35. The molecule has 7 heteroatoms. The fourth-order valence-electron chi connectivity index (χ4n) is 4.76. The Kier molecular flexibility index (Phi) is 3.33. The van der Waals surface area contributed by atoms with Crippen molar-refractivity contribution in [3.05, 3.63) is 29.6 Å². The molecule has 2 aliphatic heterocycles. The Morgan fingerprint density at radius 2 is 1.85 bits per heavy atom. The van der Waals surface area contributed by atoms with Crippen LogP contribution < -0.4 is 14.2 Å². The maximum absolute atomic E-state index is 12.7. The van der Waals surface area contributed by atoms with Crippen LogP contribution in [-0.4, -0.2) is 51.4 Å². The van der Waals surface area contributed by atoms with Crippen LogP contribution in [0.15, 0.2) is 18.3 Å². The zero-order chi connectivity index (χ0) is 18.9. The number of fused-ring (bicyclic) bond motifs is 2. The summed E-state index contributed by atoms with van der Waals surface area (Å²) in [7, 11) is 6.28. The van der Waals surface area contributed by atoms with Crippen LogP contribution in [0.4, 0.5) is 0 Å². The highest BCUT2D eigenvalue weighted by molar-refractivity contribution is 6.12. The Hall–Kier alpha value is -2.64. The number of hydrogen-bond acceptors (Lipinski definition) is 7. The van der Waals surface area contributed by atoms with E-state index in [1.165, 1.54) is 7.11 Å². The van der Waals surface area contributed by atoms with E-state index in [0.29, 0.717) is 22.9 Å². The molecule has 2 aromatic rings. The van der Waals surface area contributed by atoms with Gasteiger partial charge in [0.2, 0.25) is 5.75 Å². The SMILES string of the molecule is COc1c(OC)c2c3c(nccc3c1OC)[C@]13CC(=O)[C@H](OC)[C@H](C=C21)O3. The Morgan fingerprint density at radius 3 is 2.52 bits per heavy atom. The molecule has 0 radical (unpaired) electrons. The van der Waals surface area contributed by atoms with Crippen molar-refractivity contribution in [2.75, 3.05) is 28.4 Å². The predicted octanol–water partition coefficient (Wildman–Crippen LogP) is 2.24. The lowest BCUT2D eigenvalue weighted by Crippen LogP contribution is -2.47. The first-order chi connectivity index (χ1) is 13.1. The topological polar surface area (TPSA) is 76.1 Å². The van der Waals surface area contributed by atoms with E-state index in [1.54, 1.807) is 27.5 Å². The number of aromatic nitrogens is 1. The van der Waals surface area contributed by atoms with Gasteiger partial charge in [0.05, 0.1) is 27.0 Å². The second-order valence-corrected chi connectivity index (χ2v) is 6.85. The maximum atomic E-state index is 12.7. The first kappa shape index (κ1) is 16.5. The van der Waals surface area contributed by atoms with Gasteiger partial charge in [-0.3, -0.25) is 9.78 Å². The summed E-state index contributed by atoms with van der Waals surface area (Å²) in [6.07, 6.45) is 2.78. The molecule has 0 amide bonds. The predicted molar refractivity (Wildman–Crippen MR) is 96.3 cm³/mol. The zero-order valence-corrected chi connectivity index (χ0v) is 15.5. The number of hydrogen-bond donors (Lipinski definition) is 0. The Balaban J connectivity index is 1.90. The molecule has 1 aromatic heterocycles. The van der Waals surface area contributed by atoms with Crippen LogP contribution in [0, 0.1) is 0 Å². The lowest BCUT2D eigenvalue weighted by atomic mass is 9.88. The Bertz CT molecular complexity index is 1030. The third-order valence-electron chi connectivity index (χ3n) is 5.75. The summed E-state index contributed by atoms with van der Waals surface area (Å²) < 4.78 is 28.7. The monoisotopic (exact) mass is 369 g/mol. The largest absolute Gasteiger partial charge is 0.492 e. The van der Waals surface area contributed by atoms with E-state index < -0.39 is 17.8 Å². The summed E-state index contributed by atoms with van der Waals surface area (Å²) in [5.41, 5.74) is 1.53. The van der Waals surface area contributed by atoms with Crippen molar-refractivity contribution in [3.63, 3.8) is 0 Å². The average molecular weight is 369 g/mol. The van der Waals surface area contributed by atoms with Gasteiger partial charge in [0.15, 0.2) is 17.3 Å². The highest BCUT2D eigenvalue weighted by Crippen LogP contribution is 2.63. The summed E-state index contributed by atoms with van der Waals surface area (Å²) in [5, 5.41) is 1.72. The number of methoxy groups -OCH3 is 4. The van der Waals surface area contributed by atoms with Crippen LogP contribution in [0.25, 0.3) is 16.3 Å². The number of carbonyl (C=O) groups excluding carboxylic acids is 1. The van der Waals surface area contributed by atoms with Crippen molar-refractivity contribution < 1.29 is 28.5 Å². The number of rotatable bonds is 4. The van der Waals surface area contributed by atoms with E-state index >= 15 is 0 Å². The molecule has 5 rings (SSSR count). The number of benzene rings is 1. The number of nitrogens with zero attached hydrogens (tertiary/aromatic N) is 1. The van der Waals surface area contributed by atoms with E-state index in [-0.39, 0.29) is 12.2 Å². The summed E-state index contributed by atoms with van der Waals surface area (Å²) in [4.78, 5) is 17.4. The van der Waals surface area contributed by atoms with Gasteiger partial charge in [-0.15, -0.1) is 0 Å². The molecule has 1 fully saturated rings. The van der Waals surface area contributed by atoms with Crippen molar-refractivity contribution >= 4 is 22.1 Å². The van der Waals surface area contributed by atoms with E-state index in [1.807, 2.05) is 12.1 Å². The third kappa shape index (κ3) is 1.78. The van der Waals surface area contributed by atoms with Crippen molar-refractivity contribution in [1.82, 2.24) is 4.98 Å². The highest BCUT2D eigenvalue weighted by atomic mass is 16.6. The molecule has 0 N–H and O–H groups in total. The minimum Gasteiger partial charge on any atom is -0.492 e. The second kappa shape index (κ2) is 5.43. The maximum Gasteiger partial charge on any atom is 0.204 e. The quantitative estimate of drug-likeness (QED) is 0.818. The first-order valence-electron chi connectivity index (χ1n) is 8.68. The van der Waals surface area contributed by atoms with Gasteiger partial charge in [-0.25, -0.2) is 0 Å². The molecule has 1 spiro atoms. The van der Waals surface area contributed by atoms with Crippen LogP contribution in [-0.2, 0) is 19.9 Å². The molecule has 3 aliphatic rings. The van der Waals surface area contributed by atoms with E-state index in [9.17, 15) is 4.79 Å². The smallest absolute Gasteiger partial charge is 0.204 e. The minimum atomic E-state index is -0.913. The second-order valence-electron chi connectivity index (χ2n) is 6.85. The molecule has 2 bridgehead atoms. The lowest BCUT2D eigenvalue weighted by molar-refractivity contribution is -0.162. The fourth-order valence-corrected chi connectivity index (χ4v) is 4.76. The summed E-state index contributed by atoms with van der Waals surface area (Å²) in [6, 6.07) is 1.88. The van der Waals surface area contributed by atoms with Crippen LogP contribution in [0.5, 0.6) is 17.2 Å². The first-order valence-corrected chi connectivity index (χ1v) is 8.68. The molecular formula is C20H19NO6. The molecule has 1 aliphatic carbocycles. The molecule has 0 unspecified atom stereocenters. The van der Waals surface area contributed by atoms with Gasteiger partial charge in [0.25, 0.3) is 0 Å². The van der Waals surface area contributed by atoms with E-state index in [4.69, 9.17) is 23.7 Å². The van der Waals surface area contributed by atoms with Crippen molar-refractivity contribution in [2.24, 2.45) is 0 Å². The fraction of sp³-hybridized carbons (Fsp3) is 0.400. The summed E-state index contributed by atoms with van der Waals surface area (Å²) in [6.45, 7) is 0. The Morgan fingerprint density at radius 1 is 1.11 bits per heavy atom. The summed E-state index contributed by atoms with van der Waals surface area (Å²) in [5.74, 6) is 1.64. The highest BCUT2D eigenvalue weighted by Gasteiger charge is 2.60. The molecule has 1 saturated heterocycles. The normalized spacial score (nSPS) is 27.6. The van der Waals surface area contributed by atoms with Gasteiger partial charge >= 0.3 is 0 Å². The number of ether oxygens (including phenoxy) is 5. The van der Waals surface area contributed by atoms with E-state index in [0.717, 1.165) is 21.9 Å². The molecule has 140 valence electrons. The molecule has 3 atom stereocenters. The van der Waals surface area contributed by atoms with Gasteiger partial charge in [-0.1, -0.05) is 0 Å². The molecule has 27 heavy (non-hydrogen) atoms. The average Bonchev–Trinajstić information content (AvgIpc) is 3.11. The number of pyridine rings is 1. The van der Waals surface area contributed by atoms with Crippen molar-refractivity contribution in [1.29, 1.82) is 0 Å². The van der Waals surface area contributed by atoms with Crippen molar-refractivity contribution in [2.45, 2.75) is 24.2 Å². The van der Waals surface area contributed by atoms with Crippen LogP contribution in [0.3, 0.4) is 0 Å². The minimum absolute atomic E-state index is 0.00417. The molecule has 3 heterocycles. The number of Topliss-reactive ketones (excluding diaryl/α,β-unsaturated/α-hetero) is 1. The van der Waals surface area contributed by atoms with Gasteiger partial charge in [-0.2, -0.15) is 0 Å². The van der Waals surface area contributed by atoms with Gasteiger partial charge < -0.3 is 23.7 Å². The molecular weight excluding hydrogens is 350 g/mol. The number of carbonyl (C=O) groups is 1. The van der Waals surface area contributed by atoms with Crippen molar-refractivity contribution in [3.8, 4) is 17.2 Å². The van der Waals surface area contributed by atoms with Crippen LogP contribution >= 0.6 is 0 Å². The molecule has 1 aromatic carbocycles. The van der Waals surface area contributed by atoms with Gasteiger partial charge in [-0.05, 0) is 12.1 Å². The molecule has 0 saturated carbocycles. The van der Waals surface area contributed by atoms with Crippen LogP contribution in [0.2, 0.25) is 0 Å². The standard InChI is InChI=1S/C20H19NO6/c1-23-15-9-5-6-21-19-13(9)14(17(25-3)18(15)26-4)10-7-12-16(24-2)11(22)8-20(10,19)27-12/h5-7,12,16H,8H2,1-4H3/t12-,16-,20-/m0/s1. The van der Waals surface area contributed by atoms with Gasteiger partial charge in [0.1, 0.15) is 17.8 Å². The third-order valence-corrected chi connectivity index (χ3v) is 5.75. The molecule has 7 nitrogen and oxygen atoms in total. The Labute approximate surface area is 155 Å². The zero-order valence-electron chi connectivity index (χ0n) is 15.5. The van der Waals surface area contributed by atoms with Gasteiger partial charge in [0, 0.05) is 41.6 Å².